The average Bonchev–Trinajstić information content (AvgIpc) is 2.72. The number of nitrogens with one attached hydrogen (secondary N) is 1. The SMILES string of the molecule is C=CCSc1n[n+]2c(c(=O)[nH]1)-c1ccccc1N(C(C)=O)[C@@H]2c1cc(C)ccc1C. The van der Waals surface area contributed by atoms with Crippen LogP contribution in [0.25, 0.3) is 11.3 Å². The van der Waals surface area contributed by atoms with Crippen molar-refractivity contribution in [3.63, 3.8) is 0 Å². The van der Waals surface area contributed by atoms with Crippen LogP contribution < -0.4 is 15.1 Å². The fraction of sp³-hybridized carbons (Fsp3) is 0.217. The molecule has 2 heterocycles. The number of thioether (sulfide) groups is 1. The van der Waals surface area contributed by atoms with E-state index in [-0.39, 0.29) is 11.5 Å². The Labute approximate surface area is 179 Å². The third-order valence-electron chi connectivity index (χ3n) is 5.15. The van der Waals surface area contributed by atoms with Crippen molar-refractivity contribution in [2.45, 2.75) is 32.1 Å². The van der Waals surface area contributed by atoms with Gasteiger partial charge in [-0.15, -0.1) is 6.58 Å². The molecule has 0 aliphatic carbocycles. The highest BCUT2D eigenvalue weighted by Gasteiger charge is 2.45. The van der Waals surface area contributed by atoms with Gasteiger partial charge in [0.2, 0.25) is 11.1 Å². The predicted octanol–water partition coefficient (Wildman–Crippen LogP) is 3.53. The summed E-state index contributed by atoms with van der Waals surface area (Å²) in [5.41, 5.74) is 4.63. The van der Waals surface area contributed by atoms with Crippen molar-refractivity contribution >= 4 is 23.4 Å². The number of carbonyl (C=O) groups is 1. The van der Waals surface area contributed by atoms with E-state index in [1.807, 2.05) is 50.2 Å². The van der Waals surface area contributed by atoms with Gasteiger partial charge in [0.05, 0.1) is 11.3 Å². The molecule has 1 N–H and O–H groups in total. The third kappa shape index (κ3) is 3.35. The van der Waals surface area contributed by atoms with Gasteiger partial charge in [-0.1, -0.05) is 47.7 Å². The minimum absolute atomic E-state index is 0.117. The first-order valence-electron chi connectivity index (χ1n) is 9.68. The zero-order valence-corrected chi connectivity index (χ0v) is 18.0. The molecule has 1 aliphatic heterocycles. The van der Waals surface area contributed by atoms with Gasteiger partial charge in [-0.25, -0.2) is 4.90 Å². The molecule has 1 aromatic heterocycles. The number of nitrogens with zero attached hydrogens (tertiary/aromatic N) is 3. The van der Waals surface area contributed by atoms with Gasteiger partial charge < -0.3 is 0 Å². The number of para-hydroxylation sites is 1. The first-order chi connectivity index (χ1) is 14.4. The number of hydrogen-bond donors (Lipinski definition) is 1. The van der Waals surface area contributed by atoms with Gasteiger partial charge in [-0.3, -0.25) is 14.6 Å². The number of benzene rings is 2. The zero-order valence-electron chi connectivity index (χ0n) is 17.2. The van der Waals surface area contributed by atoms with Crippen molar-refractivity contribution in [3.8, 4) is 11.3 Å². The summed E-state index contributed by atoms with van der Waals surface area (Å²) >= 11 is 1.39. The fourth-order valence-electron chi connectivity index (χ4n) is 3.83. The molecule has 0 unspecified atom stereocenters. The quantitative estimate of drug-likeness (QED) is 0.399. The summed E-state index contributed by atoms with van der Waals surface area (Å²) < 4.78 is 1.69. The second kappa shape index (κ2) is 7.91. The molecule has 0 spiro atoms. The molecule has 30 heavy (non-hydrogen) atoms. The highest BCUT2D eigenvalue weighted by molar-refractivity contribution is 7.99. The van der Waals surface area contributed by atoms with E-state index < -0.39 is 6.17 Å². The van der Waals surface area contributed by atoms with Gasteiger partial charge in [0.1, 0.15) is 0 Å². The molecular weight excluding hydrogens is 396 g/mol. The highest BCUT2D eigenvalue weighted by Crippen LogP contribution is 2.38. The molecule has 2 aromatic carbocycles. The van der Waals surface area contributed by atoms with Crippen molar-refractivity contribution in [2.75, 3.05) is 10.7 Å². The summed E-state index contributed by atoms with van der Waals surface area (Å²) in [6.45, 7) is 9.30. The first-order valence-corrected chi connectivity index (χ1v) is 10.7. The first kappa shape index (κ1) is 20.1. The standard InChI is InChI=1S/C23H22N4O2S/c1-5-12-30-23-24-21(29)20-17-8-6-7-9-19(17)26(16(4)28)22(27(20)25-23)18-13-14(2)10-11-15(18)3/h5-11,13,22H,1,12H2,2-4H3/p+1/t22-/m0/s1. The third-order valence-corrected chi connectivity index (χ3v) is 6.01. The van der Waals surface area contributed by atoms with Crippen LogP contribution in [0, 0.1) is 13.8 Å². The molecule has 7 heteroatoms. The number of rotatable bonds is 4. The zero-order chi connectivity index (χ0) is 21.4. The van der Waals surface area contributed by atoms with Crippen LogP contribution in [-0.2, 0) is 4.79 Å². The van der Waals surface area contributed by atoms with Crippen LogP contribution in [0.3, 0.4) is 0 Å². The average molecular weight is 420 g/mol. The monoisotopic (exact) mass is 419 g/mol. The Kier molecular flexibility index (Phi) is 5.30. The molecule has 3 aromatic rings. The van der Waals surface area contributed by atoms with Crippen LogP contribution >= 0.6 is 11.8 Å². The lowest BCUT2D eigenvalue weighted by Crippen LogP contribution is -2.60. The fourth-order valence-corrected chi connectivity index (χ4v) is 4.42. The van der Waals surface area contributed by atoms with Gasteiger partial charge in [0.25, 0.3) is 6.17 Å². The normalized spacial score (nSPS) is 14.8. The number of carbonyl (C=O) groups excluding carboxylic acids is 1. The summed E-state index contributed by atoms with van der Waals surface area (Å²) in [7, 11) is 0. The molecule has 152 valence electrons. The second-order valence-electron chi connectivity index (χ2n) is 7.29. The molecule has 0 bridgehead atoms. The number of aromatic amines is 1. The van der Waals surface area contributed by atoms with Crippen molar-refractivity contribution < 1.29 is 9.48 Å². The maximum atomic E-state index is 13.2. The molecule has 6 nitrogen and oxygen atoms in total. The Balaban J connectivity index is 2.07. The number of anilines is 1. The van der Waals surface area contributed by atoms with Crippen molar-refractivity contribution in [1.82, 2.24) is 10.1 Å². The maximum Gasteiger partial charge on any atom is 0.325 e. The Morgan fingerprint density at radius 1 is 1.30 bits per heavy atom. The summed E-state index contributed by atoms with van der Waals surface area (Å²) in [5.74, 6) is 0.498. The van der Waals surface area contributed by atoms with Crippen LogP contribution in [0.2, 0.25) is 0 Å². The Morgan fingerprint density at radius 2 is 2.07 bits per heavy atom. The number of amides is 1. The van der Waals surface area contributed by atoms with Gasteiger partial charge in [0, 0.05) is 23.3 Å². The molecule has 0 radical (unpaired) electrons. The van der Waals surface area contributed by atoms with E-state index in [0.717, 1.165) is 16.7 Å². The lowest BCUT2D eigenvalue weighted by Gasteiger charge is -2.32. The van der Waals surface area contributed by atoms with Crippen LogP contribution in [0.5, 0.6) is 0 Å². The minimum atomic E-state index is -0.558. The molecule has 1 amide bonds. The Bertz CT molecular complexity index is 1220. The minimum Gasteiger partial charge on any atom is -0.291 e. The largest absolute Gasteiger partial charge is 0.325 e. The number of fused-ring (bicyclic) bond motifs is 3. The van der Waals surface area contributed by atoms with E-state index >= 15 is 0 Å². The van der Waals surface area contributed by atoms with E-state index in [2.05, 4.69) is 17.6 Å². The van der Waals surface area contributed by atoms with Crippen LogP contribution in [0.15, 0.2) is 65.1 Å². The van der Waals surface area contributed by atoms with Gasteiger partial charge in [0.15, 0.2) is 0 Å². The Hall–Kier alpha value is -3.19. The van der Waals surface area contributed by atoms with Gasteiger partial charge in [-0.2, -0.15) is 0 Å². The van der Waals surface area contributed by atoms with Crippen LogP contribution in [-0.4, -0.2) is 21.7 Å². The molecular formula is C23H23N4O2S+. The second-order valence-corrected chi connectivity index (χ2v) is 8.30. The van der Waals surface area contributed by atoms with E-state index in [0.29, 0.717) is 27.9 Å². The molecule has 1 atom stereocenters. The molecule has 0 saturated heterocycles. The van der Waals surface area contributed by atoms with E-state index in [1.54, 1.807) is 22.6 Å². The smallest absolute Gasteiger partial charge is 0.291 e. The van der Waals surface area contributed by atoms with Crippen LogP contribution in [0.4, 0.5) is 5.69 Å². The number of H-pyrrole nitrogens is 1. The Morgan fingerprint density at radius 3 is 2.80 bits per heavy atom. The van der Waals surface area contributed by atoms with E-state index in [1.165, 1.54) is 11.8 Å². The summed E-state index contributed by atoms with van der Waals surface area (Å²) in [6.07, 6.45) is 1.20. The van der Waals surface area contributed by atoms with Crippen molar-refractivity contribution in [1.29, 1.82) is 0 Å². The molecule has 0 fully saturated rings. The van der Waals surface area contributed by atoms with E-state index in [4.69, 9.17) is 5.10 Å². The lowest BCUT2D eigenvalue weighted by atomic mass is 9.97. The number of hydrogen-bond acceptors (Lipinski definition) is 4. The molecule has 1 aliphatic rings. The maximum absolute atomic E-state index is 13.2. The summed E-state index contributed by atoms with van der Waals surface area (Å²) in [5, 5.41) is 5.24. The van der Waals surface area contributed by atoms with Gasteiger partial charge >= 0.3 is 11.3 Å². The van der Waals surface area contributed by atoms with Crippen LogP contribution in [0.1, 0.15) is 29.8 Å². The summed E-state index contributed by atoms with van der Waals surface area (Å²) in [4.78, 5) is 30.6. The summed E-state index contributed by atoms with van der Waals surface area (Å²) in [6, 6.07) is 13.6. The topological polar surface area (TPSA) is 69.9 Å². The van der Waals surface area contributed by atoms with Crippen molar-refractivity contribution in [2.24, 2.45) is 0 Å². The van der Waals surface area contributed by atoms with Gasteiger partial charge in [-0.05, 0) is 42.3 Å². The number of aryl methyl sites for hydroxylation is 2. The molecule has 0 saturated carbocycles. The highest BCUT2D eigenvalue weighted by atomic mass is 32.2. The lowest BCUT2D eigenvalue weighted by molar-refractivity contribution is -0.763. The van der Waals surface area contributed by atoms with E-state index in [9.17, 15) is 9.59 Å². The number of aromatic nitrogens is 3. The van der Waals surface area contributed by atoms with Crippen molar-refractivity contribution in [3.05, 3.63) is 82.2 Å². The predicted molar refractivity (Wildman–Crippen MR) is 119 cm³/mol. The molecule has 4 rings (SSSR count).